The Morgan fingerprint density at radius 1 is 1.30 bits per heavy atom. The summed E-state index contributed by atoms with van der Waals surface area (Å²) < 4.78 is 6.98. The zero-order valence-corrected chi connectivity index (χ0v) is 16.1. The van der Waals surface area contributed by atoms with E-state index < -0.39 is 0 Å². The summed E-state index contributed by atoms with van der Waals surface area (Å²) in [5.41, 5.74) is 2.22. The molecule has 0 spiro atoms. The van der Waals surface area contributed by atoms with Gasteiger partial charge >= 0.3 is 0 Å². The molecule has 1 N–H and O–H groups in total. The molecule has 27 heavy (non-hydrogen) atoms. The predicted molar refractivity (Wildman–Crippen MR) is 103 cm³/mol. The molecule has 4 rings (SSSR count). The molecule has 146 valence electrons. The standard InChI is InChI=1S/C20H29N5O2/c1-27-11-9-22-20(26)18-19-21-8-6-17(25(19)14-23-18)16-7-10-24(13-16)12-15-4-2-3-5-15/h6,8,14-16H,2-5,7,9-13H2,1H3,(H,22,26)/t16-/m1/s1. The van der Waals surface area contributed by atoms with Gasteiger partial charge in [-0.2, -0.15) is 0 Å². The first-order chi connectivity index (χ1) is 13.3. The Labute approximate surface area is 160 Å². The fraction of sp³-hybridized carbons (Fsp3) is 0.650. The van der Waals surface area contributed by atoms with E-state index in [0.717, 1.165) is 25.4 Å². The fourth-order valence-corrected chi connectivity index (χ4v) is 4.56. The molecule has 1 aliphatic carbocycles. The van der Waals surface area contributed by atoms with Gasteiger partial charge in [0.15, 0.2) is 11.3 Å². The molecule has 1 aliphatic heterocycles. The number of carbonyl (C=O) groups is 1. The SMILES string of the molecule is COCCNC(=O)c1ncn2c([C@@H]3CCN(CC4CCCC4)C3)ccnc12. The lowest BCUT2D eigenvalue weighted by Gasteiger charge is -2.20. The Balaban J connectivity index is 1.47. The zero-order chi connectivity index (χ0) is 18.6. The van der Waals surface area contributed by atoms with Crippen LogP contribution in [-0.2, 0) is 4.74 Å². The number of carbonyl (C=O) groups excluding carboxylic acids is 1. The molecule has 2 fully saturated rings. The minimum Gasteiger partial charge on any atom is -0.383 e. The number of rotatable bonds is 7. The van der Waals surface area contributed by atoms with Crippen molar-refractivity contribution in [1.82, 2.24) is 24.6 Å². The first kappa shape index (κ1) is 18.4. The number of aromatic nitrogens is 3. The van der Waals surface area contributed by atoms with Gasteiger partial charge in [-0.25, -0.2) is 9.97 Å². The van der Waals surface area contributed by atoms with Crippen molar-refractivity contribution in [2.24, 2.45) is 5.92 Å². The Hall–Kier alpha value is -1.99. The van der Waals surface area contributed by atoms with Crippen LogP contribution in [0, 0.1) is 5.92 Å². The summed E-state index contributed by atoms with van der Waals surface area (Å²) in [6.07, 6.45) is 10.3. The predicted octanol–water partition coefficient (Wildman–Crippen LogP) is 2.08. The third kappa shape index (κ3) is 3.99. The second-order valence-electron chi connectivity index (χ2n) is 7.80. The highest BCUT2D eigenvalue weighted by Gasteiger charge is 2.29. The summed E-state index contributed by atoms with van der Waals surface area (Å²) in [5, 5.41) is 2.83. The topological polar surface area (TPSA) is 71.8 Å². The fourth-order valence-electron chi connectivity index (χ4n) is 4.56. The van der Waals surface area contributed by atoms with Gasteiger partial charge in [0, 0.05) is 44.6 Å². The highest BCUT2D eigenvalue weighted by atomic mass is 16.5. The van der Waals surface area contributed by atoms with Crippen LogP contribution in [-0.4, -0.2) is 65.1 Å². The van der Waals surface area contributed by atoms with E-state index in [4.69, 9.17) is 4.74 Å². The Bertz CT molecular complexity index is 784. The molecular formula is C20H29N5O2. The molecule has 1 atom stereocenters. The van der Waals surface area contributed by atoms with Crippen molar-refractivity contribution in [3.05, 3.63) is 30.0 Å². The molecule has 7 nitrogen and oxygen atoms in total. The van der Waals surface area contributed by atoms with Crippen LogP contribution in [0.3, 0.4) is 0 Å². The smallest absolute Gasteiger partial charge is 0.273 e. The normalized spacial score (nSPS) is 21.3. The minimum absolute atomic E-state index is 0.200. The highest BCUT2D eigenvalue weighted by molar-refractivity contribution is 5.97. The van der Waals surface area contributed by atoms with Crippen LogP contribution in [0.4, 0.5) is 0 Å². The van der Waals surface area contributed by atoms with Crippen LogP contribution in [0.15, 0.2) is 18.6 Å². The number of hydrogen-bond acceptors (Lipinski definition) is 5. The number of methoxy groups -OCH3 is 1. The molecule has 2 aliphatic rings. The van der Waals surface area contributed by atoms with Crippen molar-refractivity contribution < 1.29 is 9.53 Å². The number of nitrogens with one attached hydrogen (secondary N) is 1. The van der Waals surface area contributed by atoms with E-state index in [-0.39, 0.29) is 5.91 Å². The third-order valence-electron chi connectivity index (χ3n) is 5.95. The molecule has 2 aromatic rings. The van der Waals surface area contributed by atoms with Crippen LogP contribution in [0.2, 0.25) is 0 Å². The van der Waals surface area contributed by atoms with Gasteiger partial charge in [-0.1, -0.05) is 12.8 Å². The average molecular weight is 371 g/mol. The molecule has 0 bridgehead atoms. The number of amides is 1. The molecule has 7 heteroatoms. The number of fused-ring (bicyclic) bond motifs is 1. The van der Waals surface area contributed by atoms with Gasteiger partial charge in [-0.15, -0.1) is 0 Å². The van der Waals surface area contributed by atoms with Crippen molar-refractivity contribution in [3.63, 3.8) is 0 Å². The van der Waals surface area contributed by atoms with E-state index in [1.165, 1.54) is 37.9 Å². The quantitative estimate of drug-likeness (QED) is 0.755. The van der Waals surface area contributed by atoms with Crippen molar-refractivity contribution in [2.75, 3.05) is 39.9 Å². The van der Waals surface area contributed by atoms with E-state index in [1.54, 1.807) is 19.6 Å². The summed E-state index contributed by atoms with van der Waals surface area (Å²) in [7, 11) is 1.61. The number of likely N-dealkylation sites (tertiary alicyclic amines) is 1. The second-order valence-corrected chi connectivity index (χ2v) is 7.80. The lowest BCUT2D eigenvalue weighted by atomic mass is 10.0. The van der Waals surface area contributed by atoms with Gasteiger partial charge < -0.3 is 15.0 Å². The Morgan fingerprint density at radius 3 is 2.96 bits per heavy atom. The Kier molecular flexibility index (Phi) is 5.69. The molecule has 3 heterocycles. The molecule has 2 aromatic heterocycles. The van der Waals surface area contributed by atoms with E-state index in [0.29, 0.717) is 30.4 Å². The lowest BCUT2D eigenvalue weighted by molar-refractivity contribution is 0.0934. The van der Waals surface area contributed by atoms with Crippen molar-refractivity contribution >= 4 is 11.6 Å². The zero-order valence-electron chi connectivity index (χ0n) is 16.1. The number of imidazole rings is 1. The average Bonchev–Trinajstić information content (AvgIpc) is 3.42. The van der Waals surface area contributed by atoms with E-state index in [9.17, 15) is 4.79 Å². The van der Waals surface area contributed by atoms with Crippen molar-refractivity contribution in [3.8, 4) is 0 Å². The maximum atomic E-state index is 12.4. The van der Waals surface area contributed by atoms with Gasteiger partial charge in [0.1, 0.15) is 6.33 Å². The molecule has 0 unspecified atom stereocenters. The minimum atomic E-state index is -0.200. The second kappa shape index (κ2) is 8.35. The Morgan fingerprint density at radius 2 is 2.15 bits per heavy atom. The van der Waals surface area contributed by atoms with Gasteiger partial charge in [-0.05, 0) is 37.8 Å². The van der Waals surface area contributed by atoms with E-state index in [1.807, 2.05) is 4.40 Å². The monoisotopic (exact) mass is 371 g/mol. The van der Waals surface area contributed by atoms with Crippen LogP contribution >= 0.6 is 0 Å². The largest absolute Gasteiger partial charge is 0.383 e. The van der Waals surface area contributed by atoms with Crippen molar-refractivity contribution in [1.29, 1.82) is 0 Å². The summed E-state index contributed by atoms with van der Waals surface area (Å²) in [5.74, 6) is 1.15. The molecule has 1 saturated carbocycles. The lowest BCUT2D eigenvalue weighted by Crippen LogP contribution is -2.27. The van der Waals surface area contributed by atoms with E-state index in [2.05, 4.69) is 26.3 Å². The summed E-state index contributed by atoms with van der Waals surface area (Å²) in [4.78, 5) is 23.8. The maximum Gasteiger partial charge on any atom is 0.273 e. The molecule has 0 radical (unpaired) electrons. The molecule has 1 amide bonds. The summed E-state index contributed by atoms with van der Waals surface area (Å²) in [6.45, 7) is 4.43. The summed E-state index contributed by atoms with van der Waals surface area (Å²) in [6, 6.07) is 2.07. The number of ether oxygens (including phenoxy) is 1. The van der Waals surface area contributed by atoms with Gasteiger partial charge in [0.25, 0.3) is 5.91 Å². The summed E-state index contributed by atoms with van der Waals surface area (Å²) >= 11 is 0. The van der Waals surface area contributed by atoms with E-state index >= 15 is 0 Å². The molecule has 1 saturated heterocycles. The first-order valence-corrected chi connectivity index (χ1v) is 10.1. The van der Waals surface area contributed by atoms with Crippen LogP contribution in [0.25, 0.3) is 5.65 Å². The highest BCUT2D eigenvalue weighted by Crippen LogP contribution is 2.31. The van der Waals surface area contributed by atoms with Gasteiger partial charge in [-0.3, -0.25) is 9.20 Å². The number of hydrogen-bond donors (Lipinski definition) is 1. The first-order valence-electron chi connectivity index (χ1n) is 10.1. The molecular weight excluding hydrogens is 342 g/mol. The number of nitrogens with zero attached hydrogens (tertiary/aromatic N) is 4. The third-order valence-corrected chi connectivity index (χ3v) is 5.95. The van der Waals surface area contributed by atoms with Gasteiger partial charge in [0.05, 0.1) is 6.61 Å². The van der Waals surface area contributed by atoms with Gasteiger partial charge in [0.2, 0.25) is 0 Å². The van der Waals surface area contributed by atoms with Crippen LogP contribution in [0.5, 0.6) is 0 Å². The molecule has 0 aromatic carbocycles. The maximum absolute atomic E-state index is 12.4. The van der Waals surface area contributed by atoms with Crippen LogP contribution in [0.1, 0.15) is 54.2 Å². The van der Waals surface area contributed by atoms with Crippen molar-refractivity contribution in [2.45, 2.75) is 38.0 Å². The van der Waals surface area contributed by atoms with Crippen LogP contribution < -0.4 is 5.32 Å².